The summed E-state index contributed by atoms with van der Waals surface area (Å²) in [6.07, 6.45) is 18.6. The van der Waals surface area contributed by atoms with Crippen molar-refractivity contribution in [2.45, 2.75) is 78.6 Å². The van der Waals surface area contributed by atoms with Gasteiger partial charge in [0, 0.05) is 36.3 Å². The van der Waals surface area contributed by atoms with E-state index in [0.29, 0.717) is 24.2 Å². The van der Waals surface area contributed by atoms with Crippen LogP contribution in [0.15, 0.2) is 23.5 Å². The summed E-state index contributed by atoms with van der Waals surface area (Å²) in [6.45, 7) is 7.99. The quantitative estimate of drug-likeness (QED) is 0.509. The molecule has 1 aliphatic carbocycles. The van der Waals surface area contributed by atoms with E-state index in [0.717, 1.165) is 67.1 Å². The molecule has 2 aliphatic rings. The van der Waals surface area contributed by atoms with Gasteiger partial charge in [-0.3, -0.25) is 4.99 Å². The minimum absolute atomic E-state index is 0.409. The van der Waals surface area contributed by atoms with Crippen LogP contribution >= 0.6 is 0 Å². The van der Waals surface area contributed by atoms with Crippen LogP contribution < -0.4 is 5.32 Å². The predicted octanol–water partition coefficient (Wildman–Crippen LogP) is 6.12. The molecule has 2 unspecified atom stereocenters. The van der Waals surface area contributed by atoms with E-state index in [4.69, 9.17) is 9.98 Å². The van der Waals surface area contributed by atoms with Crippen LogP contribution in [0.2, 0.25) is 0 Å². The third-order valence-electron chi connectivity index (χ3n) is 6.88. The lowest BCUT2D eigenvalue weighted by Crippen LogP contribution is -2.25. The summed E-state index contributed by atoms with van der Waals surface area (Å²) in [5.74, 6) is 2.54. The molecule has 5 heteroatoms. The number of nitriles is 1. The van der Waals surface area contributed by atoms with Crippen LogP contribution in [0.25, 0.3) is 11.6 Å². The van der Waals surface area contributed by atoms with Crippen molar-refractivity contribution < 1.29 is 0 Å². The Morgan fingerprint density at radius 1 is 1.22 bits per heavy atom. The lowest BCUT2D eigenvalue weighted by molar-refractivity contribution is 0.289. The standard InChI is InChI=1S/C27H39N5/c1-4-6-7-12-24-20(3)31-19-32-26(24)25-18-21(14-16-30-27(25)29-5-2)17-23(13-15-28)22-10-8-9-11-22/h7,12,18-19,21-23H,4-6,8-11,13-14,16-17H2,1-3H3,(H,29,30)/b12-7-. The van der Waals surface area contributed by atoms with Gasteiger partial charge in [0.25, 0.3) is 0 Å². The molecule has 1 saturated carbocycles. The highest BCUT2D eigenvalue weighted by Crippen LogP contribution is 2.38. The van der Waals surface area contributed by atoms with Crippen molar-refractivity contribution in [2.24, 2.45) is 22.7 Å². The number of unbranched alkanes of at least 4 members (excludes halogenated alkanes) is 1. The summed E-state index contributed by atoms with van der Waals surface area (Å²) in [4.78, 5) is 14.1. The Balaban J connectivity index is 1.96. The van der Waals surface area contributed by atoms with Crippen LogP contribution in [-0.4, -0.2) is 28.9 Å². The molecule has 0 bridgehead atoms. The fourth-order valence-corrected chi connectivity index (χ4v) is 5.16. The third-order valence-corrected chi connectivity index (χ3v) is 6.88. The number of nitrogens with zero attached hydrogens (tertiary/aromatic N) is 4. The van der Waals surface area contributed by atoms with Crippen LogP contribution in [0.4, 0.5) is 0 Å². The first kappa shape index (κ1) is 24.2. The number of aryl methyl sites for hydroxylation is 1. The Kier molecular flexibility index (Phi) is 9.46. The van der Waals surface area contributed by atoms with E-state index in [2.05, 4.69) is 55.4 Å². The van der Waals surface area contributed by atoms with Crippen LogP contribution in [0.1, 0.15) is 88.6 Å². The molecule has 0 aromatic carbocycles. The van der Waals surface area contributed by atoms with Crippen LogP contribution in [0, 0.1) is 36.0 Å². The van der Waals surface area contributed by atoms with Crippen molar-refractivity contribution >= 4 is 17.5 Å². The molecule has 0 amide bonds. The molecule has 0 saturated heterocycles. The number of amidine groups is 1. The second-order valence-corrected chi connectivity index (χ2v) is 9.20. The normalized spacial score (nSPS) is 20.5. The second-order valence-electron chi connectivity index (χ2n) is 9.20. The summed E-state index contributed by atoms with van der Waals surface area (Å²) < 4.78 is 0. The molecule has 0 radical (unpaired) electrons. The van der Waals surface area contributed by atoms with Gasteiger partial charge in [0.2, 0.25) is 0 Å². The third kappa shape index (κ3) is 6.28. The summed E-state index contributed by atoms with van der Waals surface area (Å²) >= 11 is 0. The number of rotatable bonds is 9. The Hall–Kier alpha value is -2.48. The van der Waals surface area contributed by atoms with Gasteiger partial charge in [0.15, 0.2) is 0 Å². The Bertz CT molecular complexity index is 871. The SMILES string of the molecule is CCC/C=C\c1c(C)ncnc1C1=CC(CC(CC#N)C2CCCC2)CCN=C1NCC. The minimum atomic E-state index is 0.409. The molecule has 32 heavy (non-hydrogen) atoms. The number of hydrogen-bond acceptors (Lipinski definition) is 5. The number of likely N-dealkylation sites (N-methyl/N-ethyl adjacent to an activating group) is 1. The molecule has 1 aromatic rings. The molecule has 3 rings (SSSR count). The molecule has 172 valence electrons. The highest BCUT2D eigenvalue weighted by molar-refractivity contribution is 6.23. The smallest absolute Gasteiger partial charge is 0.130 e. The maximum absolute atomic E-state index is 9.47. The van der Waals surface area contributed by atoms with Crippen LogP contribution in [-0.2, 0) is 0 Å². The van der Waals surface area contributed by atoms with Gasteiger partial charge in [-0.2, -0.15) is 5.26 Å². The number of hydrogen-bond donors (Lipinski definition) is 1. The zero-order valence-corrected chi connectivity index (χ0v) is 20.1. The average Bonchev–Trinajstić information content (AvgIpc) is 3.25. The zero-order chi connectivity index (χ0) is 22.8. The van der Waals surface area contributed by atoms with E-state index < -0.39 is 0 Å². The topological polar surface area (TPSA) is 74.0 Å². The Morgan fingerprint density at radius 2 is 2.03 bits per heavy atom. The number of aromatic nitrogens is 2. The number of nitrogens with one attached hydrogen (secondary N) is 1. The summed E-state index contributed by atoms with van der Waals surface area (Å²) in [6, 6.07) is 2.48. The Morgan fingerprint density at radius 3 is 2.75 bits per heavy atom. The summed E-state index contributed by atoms with van der Waals surface area (Å²) in [5.41, 5.74) is 4.14. The monoisotopic (exact) mass is 433 g/mol. The Labute approximate surface area is 194 Å². The van der Waals surface area contributed by atoms with Crippen LogP contribution in [0.5, 0.6) is 0 Å². The van der Waals surface area contributed by atoms with Gasteiger partial charge in [-0.25, -0.2) is 9.97 Å². The van der Waals surface area contributed by atoms with E-state index in [1.54, 1.807) is 6.33 Å². The average molecular weight is 434 g/mol. The lowest BCUT2D eigenvalue weighted by Gasteiger charge is -2.24. The summed E-state index contributed by atoms with van der Waals surface area (Å²) in [5, 5.41) is 13.0. The first-order valence-corrected chi connectivity index (χ1v) is 12.5. The molecular formula is C27H39N5. The maximum Gasteiger partial charge on any atom is 0.130 e. The largest absolute Gasteiger partial charge is 0.370 e. The highest BCUT2D eigenvalue weighted by Gasteiger charge is 2.28. The van der Waals surface area contributed by atoms with Crippen molar-refractivity contribution in [3.8, 4) is 6.07 Å². The number of allylic oxidation sites excluding steroid dienone is 2. The van der Waals surface area contributed by atoms with Gasteiger partial charge in [-0.05, 0) is 50.9 Å². The predicted molar refractivity (Wildman–Crippen MR) is 133 cm³/mol. The molecule has 1 aliphatic heterocycles. The van der Waals surface area contributed by atoms with Crippen LogP contribution in [0.3, 0.4) is 0 Å². The molecular weight excluding hydrogens is 394 g/mol. The highest BCUT2D eigenvalue weighted by atomic mass is 15.0. The fraction of sp³-hybridized carbons (Fsp3) is 0.630. The second kappa shape index (κ2) is 12.5. The van der Waals surface area contributed by atoms with E-state index in [1.807, 2.05) is 0 Å². The molecule has 5 nitrogen and oxygen atoms in total. The van der Waals surface area contributed by atoms with Gasteiger partial charge < -0.3 is 5.32 Å². The molecule has 2 atom stereocenters. The maximum atomic E-state index is 9.47. The summed E-state index contributed by atoms with van der Waals surface area (Å²) in [7, 11) is 0. The first-order chi connectivity index (χ1) is 15.7. The molecule has 1 fully saturated rings. The van der Waals surface area contributed by atoms with Crippen molar-refractivity contribution in [1.29, 1.82) is 5.26 Å². The van der Waals surface area contributed by atoms with Gasteiger partial charge in [0.1, 0.15) is 12.2 Å². The van der Waals surface area contributed by atoms with Crippen molar-refractivity contribution in [3.63, 3.8) is 0 Å². The number of aliphatic imine (C=N–C) groups is 1. The van der Waals surface area contributed by atoms with Gasteiger partial charge in [-0.15, -0.1) is 0 Å². The van der Waals surface area contributed by atoms with Crippen molar-refractivity contribution in [2.75, 3.05) is 13.1 Å². The molecule has 2 heterocycles. The minimum Gasteiger partial charge on any atom is -0.370 e. The van der Waals surface area contributed by atoms with E-state index in [-0.39, 0.29) is 0 Å². The van der Waals surface area contributed by atoms with Gasteiger partial charge in [0.05, 0.1) is 11.8 Å². The molecule has 0 spiro atoms. The van der Waals surface area contributed by atoms with Crippen molar-refractivity contribution in [3.05, 3.63) is 35.4 Å². The van der Waals surface area contributed by atoms with Gasteiger partial charge >= 0.3 is 0 Å². The van der Waals surface area contributed by atoms with E-state index >= 15 is 0 Å². The molecule has 1 N–H and O–H groups in total. The molecule has 1 aromatic heterocycles. The fourth-order valence-electron chi connectivity index (χ4n) is 5.16. The van der Waals surface area contributed by atoms with Gasteiger partial charge in [-0.1, -0.05) is 57.3 Å². The zero-order valence-electron chi connectivity index (χ0n) is 20.1. The van der Waals surface area contributed by atoms with E-state index in [9.17, 15) is 5.26 Å². The lowest BCUT2D eigenvalue weighted by atomic mass is 9.80. The first-order valence-electron chi connectivity index (χ1n) is 12.5. The van der Waals surface area contributed by atoms with E-state index in [1.165, 1.54) is 25.7 Å². The van der Waals surface area contributed by atoms with Crippen molar-refractivity contribution in [1.82, 2.24) is 15.3 Å².